The van der Waals surface area contributed by atoms with E-state index in [2.05, 4.69) is 9.84 Å². The molecule has 0 aliphatic rings. The fourth-order valence-corrected chi connectivity index (χ4v) is 2.21. The topological polar surface area (TPSA) is 53.4 Å². The SMILES string of the molecule is COC(=O)Cc1ccc(Oc2c(C)c(C)nn2C)c(Cl)c1. The summed E-state index contributed by atoms with van der Waals surface area (Å²) in [4.78, 5) is 11.3. The summed E-state index contributed by atoms with van der Waals surface area (Å²) in [5.74, 6) is 0.865. The number of aryl methyl sites for hydroxylation is 2. The van der Waals surface area contributed by atoms with Gasteiger partial charge in [-0.1, -0.05) is 17.7 Å². The zero-order valence-electron chi connectivity index (χ0n) is 12.4. The molecule has 0 aliphatic carbocycles. The Bertz CT molecular complexity index is 680. The molecular formula is C15H17ClN2O3. The number of aromatic nitrogens is 2. The van der Waals surface area contributed by atoms with E-state index in [1.807, 2.05) is 20.9 Å². The average molecular weight is 309 g/mol. The van der Waals surface area contributed by atoms with Crippen LogP contribution < -0.4 is 4.74 Å². The van der Waals surface area contributed by atoms with Gasteiger partial charge in [-0.2, -0.15) is 5.10 Å². The van der Waals surface area contributed by atoms with Crippen molar-refractivity contribution in [2.24, 2.45) is 7.05 Å². The van der Waals surface area contributed by atoms with Gasteiger partial charge in [-0.25, -0.2) is 4.68 Å². The Morgan fingerprint density at radius 1 is 1.38 bits per heavy atom. The predicted octanol–water partition coefficient (Wildman–Crippen LogP) is 3.20. The quantitative estimate of drug-likeness (QED) is 0.814. The summed E-state index contributed by atoms with van der Waals surface area (Å²) in [5.41, 5.74) is 2.65. The van der Waals surface area contributed by atoms with Gasteiger partial charge in [-0.15, -0.1) is 0 Å². The summed E-state index contributed by atoms with van der Waals surface area (Å²) in [7, 11) is 3.17. The highest BCUT2D eigenvalue weighted by Crippen LogP contribution is 2.32. The van der Waals surface area contributed by atoms with Crippen LogP contribution in [0, 0.1) is 13.8 Å². The van der Waals surface area contributed by atoms with E-state index in [0.717, 1.165) is 16.8 Å². The molecule has 0 N–H and O–H groups in total. The van der Waals surface area contributed by atoms with Crippen molar-refractivity contribution in [1.82, 2.24) is 9.78 Å². The van der Waals surface area contributed by atoms with Crippen molar-refractivity contribution in [3.63, 3.8) is 0 Å². The van der Waals surface area contributed by atoms with Crippen LogP contribution in [0.25, 0.3) is 0 Å². The van der Waals surface area contributed by atoms with Crippen LogP contribution in [-0.4, -0.2) is 22.9 Å². The first-order valence-electron chi connectivity index (χ1n) is 6.45. The van der Waals surface area contributed by atoms with Gasteiger partial charge in [0.2, 0.25) is 5.88 Å². The van der Waals surface area contributed by atoms with Gasteiger partial charge in [0.25, 0.3) is 0 Å². The van der Waals surface area contributed by atoms with Crippen LogP contribution in [0.3, 0.4) is 0 Å². The minimum atomic E-state index is -0.308. The standard InChI is InChI=1S/C15H17ClN2O3/c1-9-10(2)17-18(3)15(9)21-13-6-5-11(7-12(13)16)8-14(19)20-4/h5-7H,8H2,1-4H3. The van der Waals surface area contributed by atoms with Gasteiger partial charge in [0.1, 0.15) is 5.75 Å². The van der Waals surface area contributed by atoms with Crippen LogP contribution in [0.4, 0.5) is 0 Å². The fraction of sp³-hybridized carbons (Fsp3) is 0.333. The number of hydrogen-bond acceptors (Lipinski definition) is 4. The number of hydrogen-bond donors (Lipinski definition) is 0. The summed E-state index contributed by atoms with van der Waals surface area (Å²) in [6.45, 7) is 3.86. The second-order valence-electron chi connectivity index (χ2n) is 4.76. The molecule has 0 atom stereocenters. The van der Waals surface area contributed by atoms with Gasteiger partial charge in [-0.3, -0.25) is 4.79 Å². The molecule has 0 spiro atoms. The van der Waals surface area contributed by atoms with Crippen molar-refractivity contribution in [2.45, 2.75) is 20.3 Å². The third-order valence-corrected chi connectivity index (χ3v) is 3.53. The summed E-state index contributed by atoms with van der Waals surface area (Å²) in [6, 6.07) is 5.23. The minimum absolute atomic E-state index is 0.181. The van der Waals surface area contributed by atoms with Crippen LogP contribution in [0.1, 0.15) is 16.8 Å². The van der Waals surface area contributed by atoms with Crippen LogP contribution in [0.5, 0.6) is 11.6 Å². The molecule has 0 fully saturated rings. The number of carbonyl (C=O) groups excluding carboxylic acids is 1. The maximum Gasteiger partial charge on any atom is 0.309 e. The molecule has 0 saturated carbocycles. The first-order valence-corrected chi connectivity index (χ1v) is 6.83. The molecule has 0 aliphatic heterocycles. The second kappa shape index (κ2) is 6.18. The van der Waals surface area contributed by atoms with E-state index in [-0.39, 0.29) is 12.4 Å². The van der Waals surface area contributed by atoms with E-state index >= 15 is 0 Å². The van der Waals surface area contributed by atoms with Gasteiger partial charge in [-0.05, 0) is 31.5 Å². The smallest absolute Gasteiger partial charge is 0.309 e. The molecule has 0 bridgehead atoms. The number of benzene rings is 1. The van der Waals surface area contributed by atoms with Crippen molar-refractivity contribution < 1.29 is 14.3 Å². The van der Waals surface area contributed by atoms with E-state index in [1.165, 1.54) is 7.11 Å². The molecule has 1 aromatic heterocycles. The number of ether oxygens (including phenoxy) is 2. The molecule has 1 heterocycles. The number of rotatable bonds is 4. The second-order valence-corrected chi connectivity index (χ2v) is 5.17. The number of carbonyl (C=O) groups is 1. The van der Waals surface area contributed by atoms with E-state index < -0.39 is 0 Å². The summed E-state index contributed by atoms with van der Waals surface area (Å²) in [5, 5.41) is 4.73. The fourth-order valence-electron chi connectivity index (χ4n) is 1.97. The molecule has 2 rings (SSSR count). The van der Waals surface area contributed by atoms with E-state index in [1.54, 1.807) is 22.9 Å². The molecular weight excluding hydrogens is 292 g/mol. The first kappa shape index (κ1) is 15.4. The molecule has 0 amide bonds. The van der Waals surface area contributed by atoms with Crippen molar-refractivity contribution >= 4 is 17.6 Å². The Morgan fingerprint density at radius 3 is 2.62 bits per heavy atom. The highest BCUT2D eigenvalue weighted by molar-refractivity contribution is 6.32. The molecule has 2 aromatic rings. The third kappa shape index (κ3) is 3.36. The molecule has 0 saturated heterocycles. The maximum absolute atomic E-state index is 11.3. The monoisotopic (exact) mass is 308 g/mol. The number of halogens is 1. The Kier molecular flexibility index (Phi) is 4.53. The highest BCUT2D eigenvalue weighted by atomic mass is 35.5. The van der Waals surface area contributed by atoms with Crippen molar-refractivity contribution in [2.75, 3.05) is 7.11 Å². The summed E-state index contributed by atoms with van der Waals surface area (Å²) >= 11 is 6.21. The van der Waals surface area contributed by atoms with Gasteiger partial charge >= 0.3 is 5.97 Å². The molecule has 1 aromatic carbocycles. The number of methoxy groups -OCH3 is 1. The number of esters is 1. The molecule has 5 nitrogen and oxygen atoms in total. The lowest BCUT2D eigenvalue weighted by Crippen LogP contribution is -2.04. The van der Waals surface area contributed by atoms with Crippen LogP contribution in [0.2, 0.25) is 5.02 Å². The Balaban J connectivity index is 2.23. The normalized spacial score (nSPS) is 10.5. The molecule has 112 valence electrons. The van der Waals surface area contributed by atoms with Gasteiger partial charge in [0.15, 0.2) is 0 Å². The lowest BCUT2D eigenvalue weighted by Gasteiger charge is -2.10. The highest BCUT2D eigenvalue weighted by Gasteiger charge is 2.14. The summed E-state index contributed by atoms with van der Waals surface area (Å²) in [6.07, 6.45) is 0.181. The van der Waals surface area contributed by atoms with Crippen LogP contribution in [-0.2, 0) is 23.0 Å². The molecule has 0 unspecified atom stereocenters. The van der Waals surface area contributed by atoms with E-state index in [0.29, 0.717) is 16.7 Å². The van der Waals surface area contributed by atoms with E-state index in [4.69, 9.17) is 16.3 Å². The average Bonchev–Trinajstić information content (AvgIpc) is 2.67. The molecule has 6 heteroatoms. The molecule has 21 heavy (non-hydrogen) atoms. The van der Waals surface area contributed by atoms with Crippen molar-refractivity contribution in [3.8, 4) is 11.6 Å². The number of nitrogens with zero attached hydrogens (tertiary/aromatic N) is 2. The maximum atomic E-state index is 11.3. The predicted molar refractivity (Wildman–Crippen MR) is 79.9 cm³/mol. The van der Waals surface area contributed by atoms with Crippen LogP contribution in [0.15, 0.2) is 18.2 Å². The third-order valence-electron chi connectivity index (χ3n) is 3.24. The van der Waals surface area contributed by atoms with Crippen molar-refractivity contribution in [1.29, 1.82) is 0 Å². The minimum Gasteiger partial charge on any atom is -0.469 e. The summed E-state index contributed by atoms with van der Waals surface area (Å²) < 4.78 is 12.1. The molecule has 0 radical (unpaired) electrons. The van der Waals surface area contributed by atoms with E-state index in [9.17, 15) is 4.79 Å². The lowest BCUT2D eigenvalue weighted by atomic mass is 10.1. The largest absolute Gasteiger partial charge is 0.469 e. The Hall–Kier alpha value is -2.01. The zero-order chi connectivity index (χ0) is 15.6. The van der Waals surface area contributed by atoms with Gasteiger partial charge in [0.05, 0.1) is 24.2 Å². The van der Waals surface area contributed by atoms with Crippen LogP contribution >= 0.6 is 11.6 Å². The zero-order valence-corrected chi connectivity index (χ0v) is 13.2. The van der Waals surface area contributed by atoms with Crippen molar-refractivity contribution in [3.05, 3.63) is 40.0 Å². The van der Waals surface area contributed by atoms with Gasteiger partial charge < -0.3 is 9.47 Å². The Labute approximate surface area is 128 Å². The first-order chi connectivity index (χ1) is 9.92. The Morgan fingerprint density at radius 2 is 2.10 bits per heavy atom. The van der Waals surface area contributed by atoms with Gasteiger partial charge in [0, 0.05) is 12.6 Å². The lowest BCUT2D eigenvalue weighted by molar-refractivity contribution is -0.139.